The second kappa shape index (κ2) is 9.16. The number of aromatic nitrogens is 1. The summed E-state index contributed by atoms with van der Waals surface area (Å²) in [6.07, 6.45) is 1.43. The molecule has 0 amide bonds. The maximum absolute atomic E-state index is 10.8. The minimum absolute atomic E-state index is 0. The van der Waals surface area contributed by atoms with Gasteiger partial charge in [0.05, 0.1) is 17.1 Å². The van der Waals surface area contributed by atoms with Gasteiger partial charge in [-0.05, 0) is 34.9 Å². The van der Waals surface area contributed by atoms with Crippen LogP contribution < -0.4 is 26.9 Å². The van der Waals surface area contributed by atoms with Crippen LogP contribution in [0.2, 0.25) is 0 Å². The first-order chi connectivity index (χ1) is 12.1. The van der Waals surface area contributed by atoms with Crippen molar-refractivity contribution in [1.29, 1.82) is 0 Å². The molecule has 0 fully saturated rings. The van der Waals surface area contributed by atoms with E-state index in [1.165, 1.54) is 11.8 Å². The Hall–Kier alpha value is -2.65. The second-order valence-electron chi connectivity index (χ2n) is 5.31. The topological polar surface area (TPSA) is 83.8 Å². The molecule has 0 aliphatic carbocycles. The molecule has 0 spiro atoms. The smallest absolute Gasteiger partial charge is 0.414 e. The zero-order valence-corrected chi connectivity index (χ0v) is 16.3. The highest BCUT2D eigenvalue weighted by molar-refractivity contribution is 7.17. The maximum Gasteiger partial charge on any atom is 0.414 e. The fourth-order valence-electron chi connectivity index (χ4n) is 2.13. The van der Waals surface area contributed by atoms with Gasteiger partial charge >= 0.3 is 10.1 Å². The molecule has 0 radical (unpaired) electrons. The monoisotopic (exact) mass is 433 g/mol. The highest BCUT2D eigenvalue weighted by atomic mass is 79.9. The van der Waals surface area contributed by atoms with E-state index in [-0.39, 0.29) is 22.0 Å². The largest absolute Gasteiger partial charge is 1.00 e. The Bertz CT molecular complexity index is 897. The predicted molar refractivity (Wildman–Crippen MR) is 96.5 cm³/mol. The molecule has 1 N–H and O–H groups in total. The van der Waals surface area contributed by atoms with E-state index in [4.69, 9.17) is 0 Å². The number of nitrogens with zero attached hydrogens (tertiary/aromatic N) is 4. The van der Waals surface area contributed by atoms with Gasteiger partial charge in [-0.3, -0.25) is 10.1 Å². The molecule has 0 atom stereocenters. The summed E-state index contributed by atoms with van der Waals surface area (Å²) in [5.74, 6) is 0. The summed E-state index contributed by atoms with van der Waals surface area (Å²) in [5, 5.41) is 22.8. The molecule has 3 aromatic rings. The predicted octanol–water partition coefficient (Wildman–Crippen LogP) is 1.51. The SMILES string of the molecule is C[n+]1cc([N+](=O)[O-])sc1N=Nc1ccc(NCc2ccccc2)cc1.[Br-]. The number of thiazole rings is 1. The lowest BCUT2D eigenvalue weighted by Gasteiger charge is -2.05. The quantitative estimate of drug-likeness (QED) is 0.276. The van der Waals surface area contributed by atoms with Crippen LogP contribution in [-0.4, -0.2) is 4.92 Å². The molecule has 0 unspecified atom stereocenters. The molecule has 1 heterocycles. The minimum Gasteiger partial charge on any atom is -1.00 e. The average Bonchev–Trinajstić information content (AvgIpc) is 3.01. The van der Waals surface area contributed by atoms with Gasteiger partial charge < -0.3 is 22.3 Å². The van der Waals surface area contributed by atoms with E-state index in [9.17, 15) is 10.1 Å². The standard InChI is InChI=1S/C17H15N5O2S.BrH/c1-21-12-16(22(23)24)25-17(21)20-19-15-9-7-14(8-10-15)18-11-13-5-3-2-4-6-13;/h2-10,12H,11H2,1H3;1H. The Morgan fingerprint density at radius 2 is 1.81 bits per heavy atom. The van der Waals surface area contributed by atoms with Gasteiger partial charge in [-0.1, -0.05) is 30.3 Å². The Kier molecular flexibility index (Phi) is 6.93. The van der Waals surface area contributed by atoms with E-state index in [0.29, 0.717) is 10.8 Å². The van der Waals surface area contributed by atoms with E-state index in [0.717, 1.165) is 23.6 Å². The van der Waals surface area contributed by atoms with Crippen molar-refractivity contribution in [3.05, 3.63) is 76.5 Å². The molecule has 134 valence electrons. The molecule has 3 rings (SSSR count). The molecule has 0 saturated carbocycles. The highest BCUT2D eigenvalue weighted by Gasteiger charge is 2.21. The Morgan fingerprint density at radius 3 is 2.42 bits per heavy atom. The van der Waals surface area contributed by atoms with Crippen molar-refractivity contribution in [3.63, 3.8) is 0 Å². The van der Waals surface area contributed by atoms with Gasteiger partial charge in [0.15, 0.2) is 6.20 Å². The molecule has 0 saturated heterocycles. The van der Waals surface area contributed by atoms with Crippen molar-refractivity contribution in [2.45, 2.75) is 6.54 Å². The lowest BCUT2D eigenvalue weighted by Crippen LogP contribution is -3.00. The minimum atomic E-state index is -0.434. The summed E-state index contributed by atoms with van der Waals surface area (Å²) < 4.78 is 1.59. The summed E-state index contributed by atoms with van der Waals surface area (Å²) in [7, 11) is 1.70. The number of anilines is 1. The zero-order valence-electron chi connectivity index (χ0n) is 13.9. The first-order valence-electron chi connectivity index (χ1n) is 7.55. The van der Waals surface area contributed by atoms with Crippen LogP contribution in [-0.2, 0) is 13.6 Å². The lowest BCUT2D eigenvalue weighted by molar-refractivity contribution is -0.656. The molecule has 26 heavy (non-hydrogen) atoms. The number of halogens is 1. The second-order valence-corrected chi connectivity index (χ2v) is 6.29. The van der Waals surface area contributed by atoms with Crippen molar-refractivity contribution in [2.75, 3.05) is 5.32 Å². The van der Waals surface area contributed by atoms with E-state index < -0.39 is 4.92 Å². The van der Waals surface area contributed by atoms with E-state index in [1.807, 2.05) is 42.5 Å². The van der Waals surface area contributed by atoms with Crippen LogP contribution in [0.4, 0.5) is 21.5 Å². The van der Waals surface area contributed by atoms with Crippen molar-refractivity contribution >= 4 is 32.8 Å². The van der Waals surface area contributed by atoms with Crippen LogP contribution in [0.5, 0.6) is 0 Å². The normalized spacial score (nSPS) is 10.5. The number of hydrogen-bond donors (Lipinski definition) is 1. The Balaban J connectivity index is 0.00000243. The fraction of sp³-hybridized carbons (Fsp3) is 0.118. The lowest BCUT2D eigenvalue weighted by atomic mass is 10.2. The van der Waals surface area contributed by atoms with Crippen LogP contribution >= 0.6 is 11.3 Å². The van der Waals surface area contributed by atoms with Crippen molar-refractivity contribution in [2.24, 2.45) is 17.3 Å². The van der Waals surface area contributed by atoms with Crippen molar-refractivity contribution < 1.29 is 26.5 Å². The average molecular weight is 434 g/mol. The fourth-order valence-corrected chi connectivity index (χ4v) is 2.89. The number of benzene rings is 2. The molecule has 2 aromatic carbocycles. The molecule has 0 aliphatic rings. The van der Waals surface area contributed by atoms with Gasteiger partial charge in [0, 0.05) is 23.6 Å². The van der Waals surface area contributed by atoms with Crippen LogP contribution in [0.3, 0.4) is 0 Å². The van der Waals surface area contributed by atoms with Gasteiger partial charge in [0.25, 0.3) is 0 Å². The van der Waals surface area contributed by atoms with Crippen LogP contribution in [0.1, 0.15) is 5.56 Å². The summed E-state index contributed by atoms with van der Waals surface area (Å²) in [6, 6.07) is 17.7. The molecule has 7 nitrogen and oxygen atoms in total. The summed E-state index contributed by atoms with van der Waals surface area (Å²) in [5.41, 5.74) is 2.87. The van der Waals surface area contributed by atoms with Crippen molar-refractivity contribution in [3.8, 4) is 0 Å². The van der Waals surface area contributed by atoms with Crippen LogP contribution in [0.15, 0.2) is 71.0 Å². The number of aryl methyl sites for hydroxylation is 1. The molecule has 1 aromatic heterocycles. The number of rotatable bonds is 6. The summed E-state index contributed by atoms with van der Waals surface area (Å²) in [6.45, 7) is 0.746. The highest BCUT2D eigenvalue weighted by Crippen LogP contribution is 2.27. The van der Waals surface area contributed by atoms with Gasteiger partial charge in [0.1, 0.15) is 5.69 Å². The maximum atomic E-state index is 10.8. The van der Waals surface area contributed by atoms with E-state index in [2.05, 4.69) is 27.7 Å². The summed E-state index contributed by atoms with van der Waals surface area (Å²) >= 11 is 0.987. The Labute approximate surface area is 165 Å². The number of azo groups is 1. The Morgan fingerprint density at radius 1 is 1.12 bits per heavy atom. The first-order valence-corrected chi connectivity index (χ1v) is 8.37. The summed E-state index contributed by atoms with van der Waals surface area (Å²) in [4.78, 5) is 10.3. The molecular weight excluding hydrogens is 418 g/mol. The first kappa shape index (κ1) is 19.7. The third-order valence-electron chi connectivity index (χ3n) is 3.44. The third-order valence-corrected chi connectivity index (χ3v) is 4.46. The van der Waals surface area contributed by atoms with Gasteiger partial charge in [0.2, 0.25) is 0 Å². The van der Waals surface area contributed by atoms with Crippen molar-refractivity contribution in [1.82, 2.24) is 0 Å². The molecular formula is C17H16BrN5O2S. The van der Waals surface area contributed by atoms with Gasteiger partial charge in [-0.15, -0.1) is 0 Å². The van der Waals surface area contributed by atoms with Gasteiger partial charge in [-0.25, -0.2) is 4.57 Å². The van der Waals surface area contributed by atoms with E-state index >= 15 is 0 Å². The number of nitrogens with one attached hydrogen (secondary N) is 1. The third kappa shape index (κ3) is 5.17. The van der Waals surface area contributed by atoms with Crippen LogP contribution in [0, 0.1) is 10.1 Å². The van der Waals surface area contributed by atoms with Crippen LogP contribution in [0.25, 0.3) is 0 Å². The molecule has 9 heteroatoms. The number of hydrogen-bond acceptors (Lipinski definition) is 6. The number of nitro groups is 1. The van der Waals surface area contributed by atoms with E-state index in [1.54, 1.807) is 11.6 Å². The van der Waals surface area contributed by atoms with Gasteiger partial charge in [-0.2, -0.15) is 0 Å². The molecule has 0 aliphatic heterocycles. The molecule has 0 bridgehead atoms. The zero-order chi connectivity index (χ0) is 17.6.